The molecule has 4 aliphatic heterocycles. The predicted molar refractivity (Wildman–Crippen MR) is 247 cm³/mol. The van der Waals surface area contributed by atoms with Crippen LogP contribution in [0.1, 0.15) is 85.1 Å². The lowest BCUT2D eigenvalue weighted by atomic mass is 9.81. The summed E-state index contributed by atoms with van der Waals surface area (Å²) >= 11 is 0. The summed E-state index contributed by atoms with van der Waals surface area (Å²) in [5.74, 6) is 0.305. The second kappa shape index (κ2) is 21.6. The highest BCUT2D eigenvalue weighted by Gasteiger charge is 2.40. The van der Waals surface area contributed by atoms with Crippen LogP contribution in [0.3, 0.4) is 0 Å². The van der Waals surface area contributed by atoms with Gasteiger partial charge in [-0.1, -0.05) is 84.9 Å². The lowest BCUT2D eigenvalue weighted by molar-refractivity contribution is -0.143. The highest BCUT2D eigenvalue weighted by molar-refractivity contribution is 5.93. The van der Waals surface area contributed by atoms with E-state index in [-0.39, 0.29) is 42.4 Å². The molecule has 9 rings (SSSR count). The Hall–Kier alpha value is -6.30. The summed E-state index contributed by atoms with van der Waals surface area (Å²) in [6, 6.07) is 23.5. The maximum atomic E-state index is 14.4. The maximum Gasteiger partial charge on any atom is 0.318 e. The second-order valence-corrected chi connectivity index (χ2v) is 18.0. The van der Waals surface area contributed by atoms with E-state index in [0.29, 0.717) is 108 Å². The van der Waals surface area contributed by atoms with Crippen molar-refractivity contribution in [1.82, 2.24) is 45.5 Å². The highest BCUT2D eigenvalue weighted by atomic mass is 16.5. The molecule has 7 amide bonds. The molecule has 4 aromatic rings. The zero-order valence-electron chi connectivity index (χ0n) is 37.9. The van der Waals surface area contributed by atoms with Crippen molar-refractivity contribution in [3.8, 4) is 11.3 Å². The number of nitrogens with one attached hydrogen (secondary N) is 4. The van der Waals surface area contributed by atoms with Crippen LogP contribution in [0.4, 0.5) is 9.59 Å². The fourth-order valence-electron chi connectivity index (χ4n) is 10.0. The van der Waals surface area contributed by atoms with Crippen molar-refractivity contribution in [1.29, 1.82) is 0 Å². The van der Waals surface area contributed by atoms with Gasteiger partial charge in [-0.15, -0.1) is 0 Å². The average molecular weight is 916 g/mol. The van der Waals surface area contributed by atoms with Gasteiger partial charge in [0.1, 0.15) is 30.0 Å². The molecule has 3 aromatic carbocycles. The van der Waals surface area contributed by atoms with Crippen LogP contribution in [0.25, 0.3) is 11.3 Å². The maximum absolute atomic E-state index is 14.4. The van der Waals surface area contributed by atoms with Crippen molar-refractivity contribution in [2.24, 2.45) is 0 Å². The number of aromatic amines is 1. The minimum atomic E-state index is -0.907. The van der Waals surface area contributed by atoms with Gasteiger partial charge in [0.2, 0.25) is 5.91 Å². The number of rotatable bonds is 11. The molecule has 0 bridgehead atoms. The molecule has 1 aliphatic carbocycles. The Morgan fingerprint density at radius 1 is 0.612 bits per heavy atom. The van der Waals surface area contributed by atoms with Gasteiger partial charge >= 0.3 is 12.1 Å². The molecule has 5 fully saturated rings. The van der Waals surface area contributed by atoms with Crippen LogP contribution >= 0.6 is 0 Å². The minimum Gasteiger partial charge on any atom is -0.378 e. The number of morpholine rings is 3. The van der Waals surface area contributed by atoms with Crippen LogP contribution in [0.5, 0.6) is 0 Å². The normalized spacial score (nSPS) is 23.2. The standard InChI is InChI=1S/C50H61N9O8/c60-46(41-12-7-21-58(41)47(61)43(37-8-3-1-4-9-37)54-49(63)56-22-27-65-28-23-56)52-39-19-17-35(18-20-39)34-13-15-36(16-14-34)40-32-51-45(53-40)42-33-67-31-26-59(42)48(62)44(38-10-5-2-6-11-38)55-50(64)57-24-29-66-30-25-57/h1-6,8-11,13-16,32,35,39,41-44H,7,12,17-31,33H2,(H,51,53)(H,52,60)(H,54,63)(H,55,64)/t35?,39?,41-,42-,43?,44?/m0/s1. The molecule has 5 aliphatic rings. The van der Waals surface area contributed by atoms with Gasteiger partial charge in [0.25, 0.3) is 11.8 Å². The Kier molecular flexibility index (Phi) is 14.7. The van der Waals surface area contributed by atoms with Gasteiger partial charge in [-0.25, -0.2) is 14.6 Å². The summed E-state index contributed by atoms with van der Waals surface area (Å²) in [7, 11) is 0. The van der Waals surface area contributed by atoms with Crippen molar-refractivity contribution in [2.75, 3.05) is 78.9 Å². The lowest BCUT2D eigenvalue weighted by Crippen LogP contribution is -2.54. The largest absolute Gasteiger partial charge is 0.378 e. The van der Waals surface area contributed by atoms with E-state index >= 15 is 0 Å². The predicted octanol–water partition coefficient (Wildman–Crippen LogP) is 4.68. The van der Waals surface area contributed by atoms with E-state index in [4.69, 9.17) is 19.2 Å². The van der Waals surface area contributed by atoms with Gasteiger partial charge in [-0.3, -0.25) is 14.4 Å². The summed E-state index contributed by atoms with van der Waals surface area (Å²) in [5.41, 5.74) is 4.39. The molecule has 2 unspecified atom stereocenters. The zero-order valence-corrected chi connectivity index (χ0v) is 37.9. The Bertz CT molecular complexity index is 2310. The topological polar surface area (TPSA) is 191 Å². The van der Waals surface area contributed by atoms with E-state index in [0.717, 1.165) is 36.9 Å². The number of carbonyl (C=O) groups excluding carboxylic acids is 5. The van der Waals surface area contributed by atoms with E-state index in [2.05, 4.69) is 45.2 Å². The van der Waals surface area contributed by atoms with Crippen LogP contribution in [-0.2, 0) is 28.6 Å². The number of hydrogen-bond donors (Lipinski definition) is 4. The SMILES string of the molecule is O=C(NC1CCC(c2ccc(-c3cnc([C@@H]4COCCN4C(=O)C(NC(=O)N4CCOCC4)c4ccccc4)[nH]3)cc2)CC1)[C@@H]1CCCN1C(=O)C(NC(=O)N1CCOCC1)c1ccccc1. The number of amides is 7. The second-order valence-electron chi connectivity index (χ2n) is 18.0. The van der Waals surface area contributed by atoms with E-state index in [1.165, 1.54) is 5.56 Å². The molecule has 1 aromatic heterocycles. The van der Waals surface area contributed by atoms with Gasteiger partial charge in [-0.05, 0) is 66.7 Å². The third-order valence-electron chi connectivity index (χ3n) is 13.8. The first-order chi connectivity index (χ1) is 32.8. The smallest absolute Gasteiger partial charge is 0.318 e. The number of ether oxygens (including phenoxy) is 3. The van der Waals surface area contributed by atoms with Crippen molar-refractivity contribution in [2.45, 2.75) is 74.7 Å². The number of likely N-dealkylation sites (tertiary alicyclic amines) is 1. The molecule has 17 nitrogen and oxygen atoms in total. The fraction of sp³-hybridized carbons (Fsp3) is 0.480. The number of aromatic nitrogens is 2. The van der Waals surface area contributed by atoms with Crippen LogP contribution in [0, 0.1) is 0 Å². The van der Waals surface area contributed by atoms with Gasteiger partial charge in [0.05, 0.1) is 51.5 Å². The lowest BCUT2D eigenvalue weighted by Gasteiger charge is -2.37. The molecule has 0 spiro atoms. The number of urea groups is 2. The first kappa shape index (κ1) is 45.8. The Morgan fingerprint density at radius 3 is 1.75 bits per heavy atom. The molecule has 4 N–H and O–H groups in total. The Labute approximate surface area is 390 Å². The zero-order chi connectivity index (χ0) is 46.1. The highest BCUT2D eigenvalue weighted by Crippen LogP contribution is 2.35. The van der Waals surface area contributed by atoms with Gasteiger partial charge in [0, 0.05) is 45.3 Å². The first-order valence-corrected chi connectivity index (χ1v) is 23.8. The van der Waals surface area contributed by atoms with Crippen molar-refractivity contribution >= 4 is 29.8 Å². The van der Waals surface area contributed by atoms with Crippen LogP contribution in [0.15, 0.2) is 91.1 Å². The molecule has 17 heteroatoms. The van der Waals surface area contributed by atoms with E-state index < -0.39 is 24.2 Å². The Balaban J connectivity index is 0.795. The van der Waals surface area contributed by atoms with Crippen molar-refractivity contribution in [3.05, 3.63) is 114 Å². The monoisotopic (exact) mass is 915 g/mol. The number of imidazole rings is 1. The molecule has 0 radical (unpaired) electrons. The van der Waals surface area contributed by atoms with Crippen molar-refractivity contribution < 1.29 is 38.2 Å². The minimum absolute atomic E-state index is 0.00848. The third-order valence-corrected chi connectivity index (χ3v) is 13.8. The summed E-state index contributed by atoms with van der Waals surface area (Å²) in [6.45, 7) is 5.09. The summed E-state index contributed by atoms with van der Waals surface area (Å²) in [4.78, 5) is 84.0. The molecular weight excluding hydrogens is 855 g/mol. The van der Waals surface area contributed by atoms with Crippen LogP contribution in [0.2, 0.25) is 0 Å². The number of carbonyl (C=O) groups is 5. The molecule has 1 saturated carbocycles. The molecule has 4 saturated heterocycles. The quantitative estimate of drug-likeness (QED) is 0.166. The molecule has 4 atom stereocenters. The summed E-state index contributed by atoms with van der Waals surface area (Å²) in [6.07, 6.45) is 6.55. The summed E-state index contributed by atoms with van der Waals surface area (Å²) < 4.78 is 16.7. The van der Waals surface area contributed by atoms with Crippen LogP contribution < -0.4 is 16.0 Å². The molecule has 354 valence electrons. The van der Waals surface area contributed by atoms with Gasteiger partial charge in [-0.2, -0.15) is 0 Å². The van der Waals surface area contributed by atoms with Gasteiger partial charge < -0.3 is 54.7 Å². The van der Waals surface area contributed by atoms with Crippen LogP contribution in [-0.4, -0.2) is 150 Å². The first-order valence-electron chi connectivity index (χ1n) is 23.8. The fourth-order valence-corrected chi connectivity index (χ4v) is 10.0. The third kappa shape index (κ3) is 10.8. The molecule has 67 heavy (non-hydrogen) atoms. The number of hydrogen-bond acceptors (Lipinski definition) is 9. The molecular formula is C50H61N9O8. The number of nitrogens with zero attached hydrogens (tertiary/aromatic N) is 5. The van der Waals surface area contributed by atoms with E-state index in [9.17, 15) is 24.0 Å². The molecule has 5 heterocycles. The van der Waals surface area contributed by atoms with Crippen molar-refractivity contribution in [3.63, 3.8) is 0 Å². The number of H-pyrrole nitrogens is 1. The van der Waals surface area contributed by atoms with E-state index in [1.54, 1.807) is 25.8 Å². The number of benzene rings is 3. The Morgan fingerprint density at radius 2 is 1.16 bits per heavy atom. The average Bonchev–Trinajstić information content (AvgIpc) is 4.10. The van der Waals surface area contributed by atoms with E-state index in [1.807, 2.05) is 60.7 Å². The summed E-state index contributed by atoms with van der Waals surface area (Å²) in [5, 5.41) is 9.26. The van der Waals surface area contributed by atoms with Gasteiger partial charge in [0.15, 0.2) is 0 Å².